The Morgan fingerprint density at radius 3 is 2.62 bits per heavy atom. The first-order valence-electron chi connectivity index (χ1n) is 9.43. The fourth-order valence-corrected chi connectivity index (χ4v) is 4.15. The predicted octanol–water partition coefficient (Wildman–Crippen LogP) is 5.17. The van der Waals surface area contributed by atoms with Crippen LogP contribution in [0.5, 0.6) is 5.75 Å². The molecule has 0 radical (unpaired) electrons. The van der Waals surface area contributed by atoms with Gasteiger partial charge in [0.15, 0.2) is 5.11 Å². The van der Waals surface area contributed by atoms with Crippen LogP contribution in [0.15, 0.2) is 61.1 Å². The van der Waals surface area contributed by atoms with Gasteiger partial charge in [-0.1, -0.05) is 17.7 Å². The molecule has 1 aliphatic heterocycles. The molecule has 0 bridgehead atoms. The molecular formula is C22H23ClN4OS. The van der Waals surface area contributed by atoms with Crippen molar-refractivity contribution in [3.8, 4) is 5.75 Å². The van der Waals surface area contributed by atoms with E-state index in [0.29, 0.717) is 15.8 Å². The molecule has 3 heterocycles. The number of hydrogen-bond acceptors (Lipinski definition) is 3. The van der Waals surface area contributed by atoms with Crippen LogP contribution in [0.25, 0.3) is 0 Å². The highest BCUT2D eigenvalue weighted by molar-refractivity contribution is 7.80. The third-order valence-corrected chi connectivity index (χ3v) is 5.68. The van der Waals surface area contributed by atoms with E-state index in [1.165, 1.54) is 0 Å². The number of aromatic nitrogens is 2. The van der Waals surface area contributed by atoms with Crippen LogP contribution in [0.1, 0.15) is 44.1 Å². The minimum atomic E-state index is -0.189. The van der Waals surface area contributed by atoms with Gasteiger partial charge in [-0.3, -0.25) is 4.98 Å². The van der Waals surface area contributed by atoms with Crippen LogP contribution in [0.4, 0.5) is 5.69 Å². The van der Waals surface area contributed by atoms with Crippen LogP contribution >= 0.6 is 23.8 Å². The summed E-state index contributed by atoms with van der Waals surface area (Å²) in [6.07, 6.45) is 5.98. The molecule has 3 aromatic rings. The fourth-order valence-electron chi connectivity index (χ4n) is 3.65. The molecule has 4 rings (SSSR count). The summed E-state index contributed by atoms with van der Waals surface area (Å²) in [5.74, 6) is 0.125. The zero-order valence-corrected chi connectivity index (χ0v) is 18.1. The summed E-state index contributed by atoms with van der Waals surface area (Å²) in [4.78, 5) is 6.48. The average Bonchev–Trinajstić information content (AvgIpc) is 3.29. The number of rotatable bonds is 3. The molecule has 1 saturated heterocycles. The molecule has 0 saturated carbocycles. The van der Waals surface area contributed by atoms with Crippen molar-refractivity contribution in [2.45, 2.75) is 38.4 Å². The summed E-state index contributed by atoms with van der Waals surface area (Å²) < 4.78 is 2.18. The fraction of sp³-hybridized carbons (Fsp3) is 0.273. The number of halogens is 1. The second-order valence-corrected chi connectivity index (χ2v) is 8.98. The molecular weight excluding hydrogens is 404 g/mol. The Labute approximate surface area is 180 Å². The summed E-state index contributed by atoms with van der Waals surface area (Å²) >= 11 is 11.9. The molecule has 0 spiro atoms. The molecule has 1 aliphatic rings. The zero-order valence-electron chi connectivity index (χ0n) is 16.5. The molecule has 1 fully saturated rings. The highest BCUT2D eigenvalue weighted by Gasteiger charge is 2.42. The highest BCUT2D eigenvalue weighted by atomic mass is 35.5. The third kappa shape index (κ3) is 3.70. The van der Waals surface area contributed by atoms with E-state index in [-0.39, 0.29) is 23.4 Å². The van der Waals surface area contributed by atoms with Gasteiger partial charge in [0, 0.05) is 29.2 Å². The molecule has 7 heteroatoms. The zero-order chi connectivity index (χ0) is 20.8. The van der Waals surface area contributed by atoms with E-state index in [0.717, 1.165) is 11.3 Å². The maximum absolute atomic E-state index is 10.6. The number of phenolic OH excluding ortho intramolecular Hbond substituents is 1. The molecule has 29 heavy (non-hydrogen) atoms. The smallest absolute Gasteiger partial charge is 0.174 e. The van der Waals surface area contributed by atoms with Crippen molar-refractivity contribution >= 4 is 34.6 Å². The number of thiocarbonyl (C=S) groups is 1. The van der Waals surface area contributed by atoms with Crippen LogP contribution in [0.2, 0.25) is 5.02 Å². The number of hydrogen-bond donors (Lipinski definition) is 2. The van der Waals surface area contributed by atoms with E-state index in [9.17, 15) is 5.11 Å². The Kier molecular flexibility index (Phi) is 5.00. The van der Waals surface area contributed by atoms with Gasteiger partial charge in [-0.15, -0.1) is 0 Å². The Morgan fingerprint density at radius 2 is 1.97 bits per heavy atom. The summed E-state index contributed by atoms with van der Waals surface area (Å²) in [6.45, 7) is 6.47. The molecule has 0 unspecified atom stereocenters. The molecule has 2 atom stereocenters. The predicted molar refractivity (Wildman–Crippen MR) is 120 cm³/mol. The van der Waals surface area contributed by atoms with Crippen LogP contribution in [-0.2, 0) is 5.54 Å². The number of pyridine rings is 1. The summed E-state index contributed by atoms with van der Waals surface area (Å²) in [5, 5.41) is 15.0. The van der Waals surface area contributed by atoms with Gasteiger partial charge in [-0.2, -0.15) is 0 Å². The van der Waals surface area contributed by atoms with Crippen LogP contribution in [-0.4, -0.2) is 19.8 Å². The molecule has 0 amide bonds. The van der Waals surface area contributed by atoms with Crippen LogP contribution in [0.3, 0.4) is 0 Å². The van der Waals surface area contributed by atoms with E-state index in [4.69, 9.17) is 23.8 Å². The van der Waals surface area contributed by atoms with E-state index < -0.39 is 0 Å². The lowest BCUT2D eigenvalue weighted by Gasteiger charge is -2.28. The van der Waals surface area contributed by atoms with Crippen molar-refractivity contribution in [1.29, 1.82) is 0 Å². The van der Waals surface area contributed by atoms with Gasteiger partial charge < -0.3 is 19.9 Å². The van der Waals surface area contributed by atoms with Crippen molar-refractivity contribution in [2.24, 2.45) is 0 Å². The standard InChI is InChI=1S/C22H23ClN4OS/c1-22(2,3)26-11-9-14(13-26)20-19(16-6-4-5-10-24-16)25-21(29)27(20)17-12-15(23)7-8-18(17)28/h4-13,19-20,28H,1-3H3,(H,25,29)/t19-,20-/m1/s1. The second kappa shape index (κ2) is 7.35. The van der Waals surface area contributed by atoms with Crippen molar-refractivity contribution < 1.29 is 5.11 Å². The van der Waals surface area contributed by atoms with Gasteiger partial charge in [-0.25, -0.2) is 0 Å². The Morgan fingerprint density at radius 1 is 1.17 bits per heavy atom. The van der Waals surface area contributed by atoms with Crippen molar-refractivity contribution in [3.63, 3.8) is 0 Å². The van der Waals surface area contributed by atoms with Crippen molar-refractivity contribution in [2.75, 3.05) is 4.90 Å². The second-order valence-electron chi connectivity index (χ2n) is 8.15. The van der Waals surface area contributed by atoms with Crippen molar-refractivity contribution in [1.82, 2.24) is 14.9 Å². The number of nitrogens with zero attached hydrogens (tertiary/aromatic N) is 3. The first-order chi connectivity index (χ1) is 13.8. The Bertz CT molecular complexity index is 1040. The summed E-state index contributed by atoms with van der Waals surface area (Å²) in [6, 6.07) is 12.6. The first kappa shape index (κ1) is 19.7. The number of phenols is 1. The van der Waals surface area contributed by atoms with Gasteiger partial charge >= 0.3 is 0 Å². The van der Waals surface area contributed by atoms with E-state index >= 15 is 0 Å². The first-order valence-corrected chi connectivity index (χ1v) is 10.2. The van der Waals surface area contributed by atoms with Crippen molar-refractivity contribution in [3.05, 3.63) is 77.3 Å². The average molecular weight is 427 g/mol. The Hall–Kier alpha value is -2.57. The van der Waals surface area contributed by atoms with Gasteiger partial charge in [0.2, 0.25) is 0 Å². The lowest BCUT2D eigenvalue weighted by molar-refractivity contribution is 0.397. The van der Waals surface area contributed by atoms with Gasteiger partial charge in [-0.05, 0) is 75.0 Å². The molecule has 1 aromatic carbocycles. The molecule has 2 aromatic heterocycles. The van der Waals surface area contributed by atoms with E-state index in [2.05, 4.69) is 54.1 Å². The number of nitrogens with one attached hydrogen (secondary N) is 1. The quantitative estimate of drug-likeness (QED) is 0.565. The maximum Gasteiger partial charge on any atom is 0.174 e. The number of aromatic hydroxyl groups is 1. The highest BCUT2D eigenvalue weighted by Crippen LogP contribution is 2.45. The minimum Gasteiger partial charge on any atom is -0.506 e. The molecule has 2 N–H and O–H groups in total. The lowest BCUT2D eigenvalue weighted by Crippen LogP contribution is -2.29. The van der Waals surface area contributed by atoms with Crippen LogP contribution < -0.4 is 10.2 Å². The maximum atomic E-state index is 10.6. The topological polar surface area (TPSA) is 53.3 Å². The number of benzene rings is 1. The van der Waals surface area contributed by atoms with Crippen LogP contribution in [0, 0.1) is 0 Å². The molecule has 0 aliphatic carbocycles. The molecule has 5 nitrogen and oxygen atoms in total. The lowest BCUT2D eigenvalue weighted by atomic mass is 9.98. The monoisotopic (exact) mass is 426 g/mol. The minimum absolute atomic E-state index is 0.0473. The molecule has 150 valence electrons. The normalized spacial score (nSPS) is 19.4. The number of anilines is 1. The van der Waals surface area contributed by atoms with E-state index in [1.54, 1.807) is 24.4 Å². The van der Waals surface area contributed by atoms with Gasteiger partial charge in [0.05, 0.1) is 23.5 Å². The summed E-state index contributed by atoms with van der Waals surface area (Å²) in [7, 11) is 0. The third-order valence-electron chi connectivity index (χ3n) is 5.13. The van der Waals surface area contributed by atoms with Gasteiger partial charge in [0.1, 0.15) is 5.75 Å². The summed E-state index contributed by atoms with van der Waals surface area (Å²) in [5.41, 5.74) is 2.48. The Balaban J connectivity index is 1.86. The largest absolute Gasteiger partial charge is 0.506 e. The SMILES string of the molecule is CC(C)(C)n1ccc([C@@H]2[C@@H](c3ccccn3)NC(=S)N2c2cc(Cl)ccc2O)c1. The van der Waals surface area contributed by atoms with Gasteiger partial charge in [0.25, 0.3) is 0 Å². The van der Waals surface area contributed by atoms with E-state index in [1.807, 2.05) is 23.1 Å².